The van der Waals surface area contributed by atoms with E-state index in [0.29, 0.717) is 13.1 Å². The van der Waals surface area contributed by atoms with Crippen LogP contribution in [-0.4, -0.2) is 28.9 Å². The molecule has 2 N–H and O–H groups in total. The number of hydrogen-bond acceptors (Lipinski definition) is 5. The van der Waals surface area contributed by atoms with Gasteiger partial charge in [-0.1, -0.05) is 6.07 Å². The van der Waals surface area contributed by atoms with Crippen molar-refractivity contribution in [3.05, 3.63) is 52.2 Å². The van der Waals surface area contributed by atoms with E-state index < -0.39 is 0 Å². The molecule has 0 aromatic carbocycles. The minimum Gasteiger partial charge on any atom is -0.376 e. The van der Waals surface area contributed by atoms with Gasteiger partial charge in [0.2, 0.25) is 0 Å². The summed E-state index contributed by atoms with van der Waals surface area (Å²) in [6.07, 6.45) is 3.36. The molecule has 0 unspecified atom stereocenters. The summed E-state index contributed by atoms with van der Waals surface area (Å²) in [6, 6.07) is 5.29. The molecule has 0 atom stereocenters. The summed E-state index contributed by atoms with van der Waals surface area (Å²) in [5, 5.41) is 4.16. The summed E-state index contributed by atoms with van der Waals surface area (Å²) in [5.41, 5.74) is 7.97. The van der Waals surface area contributed by atoms with E-state index in [4.69, 9.17) is 5.73 Å². The lowest BCUT2D eigenvalue weighted by atomic mass is 10.2. The topological polar surface area (TPSA) is 77.0 Å². The van der Waals surface area contributed by atoms with Gasteiger partial charge in [-0.15, -0.1) is 0 Å². The zero-order valence-electron chi connectivity index (χ0n) is 11.1. The summed E-state index contributed by atoms with van der Waals surface area (Å²) < 4.78 is 1.41. The lowest BCUT2D eigenvalue weighted by molar-refractivity contribution is 0.631. The predicted molar refractivity (Wildman–Crippen MR) is 74.1 cm³/mol. The molecule has 0 bridgehead atoms. The van der Waals surface area contributed by atoms with Gasteiger partial charge in [-0.25, -0.2) is 4.68 Å². The molecule has 0 aliphatic rings. The van der Waals surface area contributed by atoms with Gasteiger partial charge in [0, 0.05) is 32.9 Å². The van der Waals surface area contributed by atoms with E-state index in [2.05, 4.69) is 10.1 Å². The second-order valence-electron chi connectivity index (χ2n) is 4.42. The Morgan fingerprint density at radius 1 is 1.42 bits per heavy atom. The first-order valence-electron chi connectivity index (χ1n) is 5.99. The number of pyridine rings is 1. The predicted octanol–water partition coefficient (Wildman–Crippen LogP) is 0.211. The molecule has 0 amide bonds. The van der Waals surface area contributed by atoms with Crippen LogP contribution < -0.4 is 16.2 Å². The molecule has 2 rings (SSSR count). The van der Waals surface area contributed by atoms with Gasteiger partial charge in [0.25, 0.3) is 5.56 Å². The molecule has 6 nitrogen and oxygen atoms in total. The molecule has 0 saturated carbocycles. The van der Waals surface area contributed by atoms with Crippen molar-refractivity contribution in [2.75, 3.05) is 19.0 Å². The second kappa shape index (κ2) is 5.62. The van der Waals surface area contributed by atoms with Crippen molar-refractivity contribution < 1.29 is 0 Å². The van der Waals surface area contributed by atoms with Gasteiger partial charge in [-0.05, 0) is 11.6 Å². The summed E-state index contributed by atoms with van der Waals surface area (Å²) in [6.45, 7) is 0.730. The summed E-state index contributed by atoms with van der Waals surface area (Å²) in [4.78, 5) is 18.0. The highest BCUT2D eigenvalue weighted by Crippen LogP contribution is 2.07. The van der Waals surface area contributed by atoms with E-state index >= 15 is 0 Å². The van der Waals surface area contributed by atoms with Crippen molar-refractivity contribution in [3.8, 4) is 0 Å². The van der Waals surface area contributed by atoms with Crippen LogP contribution in [0.15, 0.2) is 35.4 Å². The zero-order valence-corrected chi connectivity index (χ0v) is 11.1. The highest BCUT2D eigenvalue weighted by Gasteiger charge is 2.06. The Bertz CT molecular complexity index is 620. The normalized spacial score (nSPS) is 10.5. The van der Waals surface area contributed by atoms with Crippen molar-refractivity contribution in [1.82, 2.24) is 14.8 Å². The van der Waals surface area contributed by atoms with Crippen LogP contribution in [0.1, 0.15) is 11.3 Å². The number of nitrogens with zero attached hydrogens (tertiary/aromatic N) is 4. The maximum atomic E-state index is 12.0. The third-order valence-electron chi connectivity index (χ3n) is 2.87. The van der Waals surface area contributed by atoms with Crippen LogP contribution in [0.3, 0.4) is 0 Å². The van der Waals surface area contributed by atoms with Crippen molar-refractivity contribution in [3.63, 3.8) is 0 Å². The summed E-state index contributed by atoms with van der Waals surface area (Å²) in [7, 11) is 3.74. The molecule has 0 aliphatic heterocycles. The molecular weight excluding hydrogens is 242 g/mol. The molecule has 0 saturated heterocycles. The van der Waals surface area contributed by atoms with Gasteiger partial charge in [-0.2, -0.15) is 5.10 Å². The lowest BCUT2D eigenvalue weighted by Crippen LogP contribution is -2.25. The number of aromatic nitrogens is 3. The summed E-state index contributed by atoms with van der Waals surface area (Å²) >= 11 is 0. The Labute approximate surface area is 111 Å². The number of hydrogen-bond donors (Lipinski definition) is 1. The molecule has 19 heavy (non-hydrogen) atoms. The maximum Gasteiger partial charge on any atom is 0.269 e. The van der Waals surface area contributed by atoms with Crippen molar-refractivity contribution >= 4 is 5.69 Å². The number of nitrogens with two attached hydrogens (primary N) is 1. The quantitative estimate of drug-likeness (QED) is 0.849. The Morgan fingerprint density at radius 2 is 2.21 bits per heavy atom. The fourth-order valence-corrected chi connectivity index (χ4v) is 1.75. The second-order valence-corrected chi connectivity index (χ2v) is 4.42. The van der Waals surface area contributed by atoms with Gasteiger partial charge < -0.3 is 10.6 Å². The fourth-order valence-electron chi connectivity index (χ4n) is 1.75. The third-order valence-corrected chi connectivity index (χ3v) is 2.87. The molecule has 2 heterocycles. The van der Waals surface area contributed by atoms with Crippen molar-refractivity contribution in [2.24, 2.45) is 5.73 Å². The minimum absolute atomic E-state index is 0.141. The molecule has 0 fully saturated rings. The van der Waals surface area contributed by atoms with Gasteiger partial charge in [0.15, 0.2) is 0 Å². The molecular formula is C13H17N5O. The van der Waals surface area contributed by atoms with E-state index in [1.54, 1.807) is 18.5 Å². The van der Waals surface area contributed by atoms with E-state index in [9.17, 15) is 4.79 Å². The van der Waals surface area contributed by atoms with Gasteiger partial charge >= 0.3 is 0 Å². The van der Waals surface area contributed by atoms with Gasteiger partial charge in [0.1, 0.15) is 0 Å². The Kier molecular flexibility index (Phi) is 3.91. The summed E-state index contributed by atoms with van der Waals surface area (Å²) in [5.74, 6) is 0. The third kappa shape index (κ3) is 2.97. The molecule has 6 heteroatoms. The molecule has 2 aromatic rings. The largest absolute Gasteiger partial charge is 0.376 e. The van der Waals surface area contributed by atoms with Gasteiger partial charge in [-0.3, -0.25) is 9.78 Å². The van der Waals surface area contributed by atoms with Crippen LogP contribution in [0.5, 0.6) is 0 Å². The zero-order chi connectivity index (χ0) is 13.8. The first-order valence-corrected chi connectivity index (χ1v) is 5.99. The fraction of sp³-hybridized carbons (Fsp3) is 0.308. The smallest absolute Gasteiger partial charge is 0.269 e. The molecule has 0 spiro atoms. The molecule has 0 radical (unpaired) electrons. The van der Waals surface area contributed by atoms with E-state index in [1.807, 2.05) is 31.1 Å². The SMILES string of the molecule is CN(C)c1cnn(Cc2cccnc2CN)c(=O)c1. The average Bonchev–Trinajstić information content (AvgIpc) is 2.41. The van der Waals surface area contributed by atoms with Crippen LogP contribution in [0.2, 0.25) is 0 Å². The molecule has 100 valence electrons. The number of anilines is 1. The average molecular weight is 259 g/mol. The van der Waals surface area contributed by atoms with Gasteiger partial charge in [0.05, 0.1) is 24.1 Å². The van der Waals surface area contributed by atoms with Crippen LogP contribution in [0.25, 0.3) is 0 Å². The standard InChI is InChI=1S/C13H17N5O/c1-17(2)11-6-13(19)18(16-8-11)9-10-4-3-5-15-12(10)7-14/h3-6,8H,7,9,14H2,1-2H3. The van der Waals surface area contributed by atoms with Crippen molar-refractivity contribution in [2.45, 2.75) is 13.1 Å². The monoisotopic (exact) mass is 259 g/mol. The van der Waals surface area contributed by atoms with Crippen molar-refractivity contribution in [1.29, 1.82) is 0 Å². The molecule has 2 aromatic heterocycles. The molecule has 0 aliphatic carbocycles. The lowest BCUT2D eigenvalue weighted by Gasteiger charge is -2.13. The minimum atomic E-state index is -0.141. The highest BCUT2D eigenvalue weighted by molar-refractivity contribution is 5.40. The Hall–Kier alpha value is -2.21. The van der Waals surface area contributed by atoms with E-state index in [0.717, 1.165) is 16.9 Å². The van der Waals surface area contributed by atoms with Crippen LogP contribution in [0, 0.1) is 0 Å². The first-order chi connectivity index (χ1) is 9.11. The highest BCUT2D eigenvalue weighted by atomic mass is 16.1. The first kappa shape index (κ1) is 13.2. The van der Waals surface area contributed by atoms with E-state index in [1.165, 1.54) is 4.68 Å². The van der Waals surface area contributed by atoms with Crippen LogP contribution >= 0.6 is 0 Å². The van der Waals surface area contributed by atoms with Crippen LogP contribution in [0.4, 0.5) is 5.69 Å². The van der Waals surface area contributed by atoms with E-state index in [-0.39, 0.29) is 5.56 Å². The number of rotatable bonds is 4. The Balaban J connectivity index is 2.31. The maximum absolute atomic E-state index is 12.0. The Morgan fingerprint density at radius 3 is 2.84 bits per heavy atom. The van der Waals surface area contributed by atoms with Crippen LogP contribution in [-0.2, 0) is 13.1 Å².